The summed E-state index contributed by atoms with van der Waals surface area (Å²) >= 11 is 0. The number of rotatable bonds is 6. The molecule has 2 aromatic rings. The first-order valence-corrected chi connectivity index (χ1v) is 9.11. The Morgan fingerprint density at radius 3 is 2.96 bits per heavy atom. The lowest BCUT2D eigenvalue weighted by molar-refractivity contribution is 0.0378. The van der Waals surface area contributed by atoms with Crippen molar-refractivity contribution in [3.63, 3.8) is 0 Å². The molecule has 1 N–H and O–H groups in total. The van der Waals surface area contributed by atoms with Gasteiger partial charge in [0.05, 0.1) is 6.10 Å². The van der Waals surface area contributed by atoms with Crippen molar-refractivity contribution in [1.29, 1.82) is 0 Å². The number of hydrogen-bond acceptors (Lipinski definition) is 6. The van der Waals surface area contributed by atoms with E-state index in [9.17, 15) is 4.79 Å². The first kappa shape index (κ1) is 18.2. The van der Waals surface area contributed by atoms with E-state index in [0.29, 0.717) is 17.3 Å². The van der Waals surface area contributed by atoms with Crippen LogP contribution in [-0.2, 0) is 4.74 Å². The van der Waals surface area contributed by atoms with Gasteiger partial charge in [-0.3, -0.25) is 0 Å². The van der Waals surface area contributed by atoms with Crippen molar-refractivity contribution in [3.05, 3.63) is 47.8 Å². The number of nitrogens with zero attached hydrogens (tertiary/aromatic N) is 3. The zero-order valence-electron chi connectivity index (χ0n) is 15.6. The van der Waals surface area contributed by atoms with Crippen molar-refractivity contribution >= 4 is 17.6 Å². The van der Waals surface area contributed by atoms with E-state index in [-0.39, 0.29) is 12.1 Å². The predicted molar refractivity (Wildman–Crippen MR) is 103 cm³/mol. The van der Waals surface area contributed by atoms with E-state index < -0.39 is 0 Å². The van der Waals surface area contributed by atoms with Gasteiger partial charge >= 0.3 is 5.97 Å². The fraction of sp³-hybridized carbons (Fsp3) is 0.450. The fourth-order valence-electron chi connectivity index (χ4n) is 3.17. The molecule has 0 saturated carbocycles. The number of pyridine rings is 2. The van der Waals surface area contributed by atoms with Gasteiger partial charge in [-0.2, -0.15) is 0 Å². The Hall–Kier alpha value is -2.63. The molecule has 1 aliphatic rings. The van der Waals surface area contributed by atoms with Crippen molar-refractivity contribution in [2.45, 2.75) is 33.3 Å². The van der Waals surface area contributed by atoms with Gasteiger partial charge in [-0.25, -0.2) is 14.8 Å². The number of anilines is 2. The summed E-state index contributed by atoms with van der Waals surface area (Å²) in [4.78, 5) is 23.4. The van der Waals surface area contributed by atoms with Crippen LogP contribution in [0.2, 0.25) is 0 Å². The number of hydrogen-bond donors (Lipinski definition) is 1. The van der Waals surface area contributed by atoms with Crippen molar-refractivity contribution in [3.8, 4) is 0 Å². The summed E-state index contributed by atoms with van der Waals surface area (Å²) in [5.41, 5.74) is 1.54. The molecule has 26 heavy (non-hydrogen) atoms. The summed E-state index contributed by atoms with van der Waals surface area (Å²) in [6.45, 7) is 8.28. The van der Waals surface area contributed by atoms with Crippen LogP contribution < -0.4 is 10.2 Å². The van der Waals surface area contributed by atoms with Gasteiger partial charge in [-0.1, -0.05) is 6.07 Å². The third-order valence-electron chi connectivity index (χ3n) is 4.39. The maximum absolute atomic E-state index is 12.3. The Morgan fingerprint density at radius 1 is 1.35 bits per heavy atom. The highest BCUT2D eigenvalue weighted by molar-refractivity contribution is 5.94. The lowest BCUT2D eigenvalue weighted by Crippen LogP contribution is -2.26. The lowest BCUT2D eigenvalue weighted by atomic mass is 10.1. The molecule has 1 aliphatic heterocycles. The van der Waals surface area contributed by atoms with Crippen LogP contribution in [0, 0.1) is 12.8 Å². The van der Waals surface area contributed by atoms with Gasteiger partial charge in [-0.05, 0) is 57.4 Å². The molecule has 0 amide bonds. The minimum Gasteiger partial charge on any atom is -0.459 e. The maximum atomic E-state index is 12.3. The average molecular weight is 354 g/mol. The van der Waals surface area contributed by atoms with Crippen LogP contribution in [0.1, 0.15) is 36.3 Å². The van der Waals surface area contributed by atoms with Gasteiger partial charge < -0.3 is 15.0 Å². The van der Waals surface area contributed by atoms with Gasteiger partial charge in [0.1, 0.15) is 17.2 Å². The highest BCUT2D eigenvalue weighted by Gasteiger charge is 2.27. The second-order valence-electron chi connectivity index (χ2n) is 6.97. The van der Waals surface area contributed by atoms with Crippen LogP contribution in [0.3, 0.4) is 0 Å². The molecule has 1 saturated heterocycles. The molecule has 138 valence electrons. The van der Waals surface area contributed by atoms with Gasteiger partial charge in [0, 0.05) is 31.5 Å². The molecule has 0 aromatic carbocycles. The molecule has 3 rings (SSSR count). The van der Waals surface area contributed by atoms with E-state index >= 15 is 0 Å². The van der Waals surface area contributed by atoms with E-state index in [2.05, 4.69) is 20.2 Å². The van der Waals surface area contributed by atoms with E-state index in [0.717, 1.165) is 37.6 Å². The Bertz CT molecular complexity index is 763. The van der Waals surface area contributed by atoms with Crippen molar-refractivity contribution < 1.29 is 9.53 Å². The topological polar surface area (TPSA) is 67.4 Å². The molecule has 1 fully saturated rings. The van der Waals surface area contributed by atoms with E-state index in [4.69, 9.17) is 4.74 Å². The van der Waals surface area contributed by atoms with Crippen LogP contribution >= 0.6 is 0 Å². The molecule has 1 atom stereocenters. The molecule has 0 spiro atoms. The third-order valence-corrected chi connectivity index (χ3v) is 4.39. The van der Waals surface area contributed by atoms with Crippen LogP contribution in [0.5, 0.6) is 0 Å². The highest BCUT2D eigenvalue weighted by atomic mass is 16.5. The van der Waals surface area contributed by atoms with E-state index in [1.807, 2.05) is 39.0 Å². The molecule has 0 aliphatic carbocycles. The first-order chi connectivity index (χ1) is 12.5. The maximum Gasteiger partial charge on any atom is 0.342 e. The normalized spacial score (nSPS) is 16.8. The number of carbonyl (C=O) groups excluding carboxylic acids is 1. The number of nitrogens with one attached hydrogen (secondary N) is 1. The average Bonchev–Trinajstić information content (AvgIpc) is 3.08. The minimum atomic E-state index is -0.311. The molecule has 6 heteroatoms. The molecular formula is C20H26N4O2. The van der Waals surface area contributed by atoms with Crippen LogP contribution in [0.15, 0.2) is 36.5 Å². The summed E-state index contributed by atoms with van der Waals surface area (Å²) < 4.78 is 5.35. The summed E-state index contributed by atoms with van der Waals surface area (Å²) in [6, 6.07) is 9.54. The van der Waals surface area contributed by atoms with Crippen molar-refractivity contribution in [1.82, 2.24) is 9.97 Å². The summed E-state index contributed by atoms with van der Waals surface area (Å²) in [5, 5.41) is 3.41. The monoisotopic (exact) mass is 354 g/mol. The largest absolute Gasteiger partial charge is 0.459 e. The van der Waals surface area contributed by atoms with Gasteiger partial charge in [-0.15, -0.1) is 0 Å². The first-order valence-electron chi connectivity index (χ1n) is 9.11. The quantitative estimate of drug-likeness (QED) is 0.803. The van der Waals surface area contributed by atoms with E-state index in [1.165, 1.54) is 0 Å². The molecule has 0 radical (unpaired) electrons. The second-order valence-corrected chi connectivity index (χ2v) is 6.97. The smallest absolute Gasteiger partial charge is 0.342 e. The molecule has 2 aromatic heterocycles. The Kier molecular flexibility index (Phi) is 5.71. The molecule has 6 nitrogen and oxygen atoms in total. The summed E-state index contributed by atoms with van der Waals surface area (Å²) in [7, 11) is 0. The van der Waals surface area contributed by atoms with Crippen molar-refractivity contribution in [2.24, 2.45) is 5.92 Å². The molecule has 3 heterocycles. The van der Waals surface area contributed by atoms with Gasteiger partial charge in [0.25, 0.3) is 0 Å². The summed E-state index contributed by atoms with van der Waals surface area (Å²) in [6.07, 6.45) is 2.63. The van der Waals surface area contributed by atoms with Gasteiger partial charge in [0.2, 0.25) is 0 Å². The Labute approximate surface area is 154 Å². The standard InChI is InChI=1S/C20H26N4O2/c1-14(2)26-20(25)17-7-5-10-21-19(17)24-11-9-16(13-24)12-22-18-8-4-6-15(3)23-18/h4-8,10,14,16H,9,11-13H2,1-3H3,(H,22,23). The van der Waals surface area contributed by atoms with Crippen LogP contribution in [0.25, 0.3) is 0 Å². The molecule has 0 bridgehead atoms. The SMILES string of the molecule is Cc1cccc(NCC2CCN(c3ncccc3C(=O)OC(C)C)C2)n1. The Morgan fingerprint density at radius 2 is 2.19 bits per heavy atom. The fourth-order valence-corrected chi connectivity index (χ4v) is 3.17. The second kappa shape index (κ2) is 8.17. The number of ether oxygens (including phenoxy) is 1. The third kappa shape index (κ3) is 4.50. The Balaban J connectivity index is 1.63. The summed E-state index contributed by atoms with van der Waals surface area (Å²) in [5.74, 6) is 1.79. The lowest BCUT2D eigenvalue weighted by Gasteiger charge is -2.20. The zero-order valence-corrected chi connectivity index (χ0v) is 15.6. The van der Waals surface area contributed by atoms with Crippen LogP contribution in [-0.4, -0.2) is 41.7 Å². The number of carbonyl (C=O) groups is 1. The number of aromatic nitrogens is 2. The predicted octanol–water partition coefficient (Wildman–Crippen LogP) is 3.29. The minimum absolute atomic E-state index is 0.145. The molecular weight excluding hydrogens is 328 g/mol. The zero-order chi connectivity index (χ0) is 18.5. The van der Waals surface area contributed by atoms with Crippen LogP contribution in [0.4, 0.5) is 11.6 Å². The molecule has 1 unspecified atom stereocenters. The van der Waals surface area contributed by atoms with Crippen molar-refractivity contribution in [2.75, 3.05) is 29.9 Å². The number of aryl methyl sites for hydroxylation is 1. The van der Waals surface area contributed by atoms with Gasteiger partial charge in [0.15, 0.2) is 0 Å². The highest BCUT2D eigenvalue weighted by Crippen LogP contribution is 2.26. The number of esters is 1. The van der Waals surface area contributed by atoms with E-state index in [1.54, 1.807) is 18.3 Å².